The lowest BCUT2D eigenvalue weighted by atomic mass is 10.1. The highest BCUT2D eigenvalue weighted by atomic mass is 35.5. The number of nitriles is 1. The Morgan fingerprint density at radius 3 is 2.45 bits per heavy atom. The number of carbonyl (C=O) groups excluding carboxylic acids is 3. The SMILES string of the molecule is COc1ccc(NC(=O)CN2C(=O)S/C(=C/c3cc(Cl)c(OCc4ccccc4C#N)c(Cl)c3)C2=O)cc1. The van der Waals surface area contributed by atoms with Crippen LogP contribution in [0.4, 0.5) is 10.5 Å². The van der Waals surface area contributed by atoms with Crippen molar-refractivity contribution in [2.24, 2.45) is 0 Å². The smallest absolute Gasteiger partial charge is 0.294 e. The summed E-state index contributed by atoms with van der Waals surface area (Å²) in [5.41, 5.74) is 2.12. The standard InChI is InChI=1S/C27H19Cl2N3O5S/c1-36-20-8-6-19(7-9-20)31-24(33)14-32-26(34)23(38-27(32)35)12-16-10-21(28)25(22(29)11-16)37-15-18-5-3-2-4-17(18)13-30/h2-12H,14-15H2,1H3,(H,31,33)/b23-12+. The zero-order valence-electron chi connectivity index (χ0n) is 19.9. The van der Waals surface area contributed by atoms with Crippen LogP contribution < -0.4 is 14.8 Å². The lowest BCUT2D eigenvalue weighted by Gasteiger charge is -2.13. The first-order chi connectivity index (χ1) is 18.3. The minimum atomic E-state index is -0.606. The molecule has 3 aromatic carbocycles. The van der Waals surface area contributed by atoms with Crippen molar-refractivity contribution >= 4 is 63.8 Å². The van der Waals surface area contributed by atoms with Crippen molar-refractivity contribution in [1.82, 2.24) is 4.90 Å². The highest BCUT2D eigenvalue weighted by Crippen LogP contribution is 2.38. The van der Waals surface area contributed by atoms with Crippen molar-refractivity contribution in [1.29, 1.82) is 5.26 Å². The summed E-state index contributed by atoms with van der Waals surface area (Å²) in [4.78, 5) is 38.7. The van der Waals surface area contributed by atoms with E-state index in [1.807, 2.05) is 0 Å². The number of halogens is 2. The van der Waals surface area contributed by atoms with Crippen LogP contribution in [0.15, 0.2) is 65.6 Å². The van der Waals surface area contributed by atoms with Crippen molar-refractivity contribution in [3.05, 3.63) is 92.3 Å². The molecule has 1 N–H and O–H groups in total. The first kappa shape index (κ1) is 27.1. The summed E-state index contributed by atoms with van der Waals surface area (Å²) in [5, 5.41) is 11.7. The number of anilines is 1. The van der Waals surface area contributed by atoms with E-state index >= 15 is 0 Å². The van der Waals surface area contributed by atoms with Crippen LogP contribution in [0.3, 0.4) is 0 Å². The van der Waals surface area contributed by atoms with Crippen molar-refractivity contribution in [3.63, 3.8) is 0 Å². The van der Waals surface area contributed by atoms with Gasteiger partial charge in [0.1, 0.15) is 18.9 Å². The van der Waals surface area contributed by atoms with Crippen LogP contribution in [0.25, 0.3) is 6.08 Å². The molecule has 1 aliphatic heterocycles. The predicted molar refractivity (Wildman–Crippen MR) is 146 cm³/mol. The second kappa shape index (κ2) is 12.0. The fourth-order valence-corrected chi connectivity index (χ4v) is 4.96. The molecule has 0 aromatic heterocycles. The van der Waals surface area contributed by atoms with Crippen molar-refractivity contribution < 1.29 is 23.9 Å². The van der Waals surface area contributed by atoms with Gasteiger partial charge in [0.2, 0.25) is 5.91 Å². The maximum atomic E-state index is 12.9. The molecule has 3 amide bonds. The van der Waals surface area contributed by atoms with Gasteiger partial charge in [-0.15, -0.1) is 0 Å². The first-order valence-electron chi connectivity index (χ1n) is 11.1. The summed E-state index contributed by atoms with van der Waals surface area (Å²) in [5.74, 6) is -0.278. The number of methoxy groups -OCH3 is 1. The van der Waals surface area contributed by atoms with Gasteiger partial charge in [0.25, 0.3) is 11.1 Å². The molecule has 0 unspecified atom stereocenters. The van der Waals surface area contributed by atoms with Gasteiger partial charge < -0.3 is 14.8 Å². The summed E-state index contributed by atoms with van der Waals surface area (Å²) in [7, 11) is 1.53. The summed E-state index contributed by atoms with van der Waals surface area (Å²) in [6, 6.07) is 18.8. The van der Waals surface area contributed by atoms with Crippen LogP contribution in [-0.2, 0) is 16.2 Å². The number of imide groups is 1. The molecule has 0 atom stereocenters. The Kier molecular flexibility index (Phi) is 8.59. The molecule has 0 bridgehead atoms. The van der Waals surface area contributed by atoms with Gasteiger partial charge in [0.15, 0.2) is 5.75 Å². The highest BCUT2D eigenvalue weighted by Gasteiger charge is 2.36. The second-order valence-electron chi connectivity index (χ2n) is 7.92. The molecule has 0 radical (unpaired) electrons. The Balaban J connectivity index is 1.43. The molecule has 0 aliphatic carbocycles. The van der Waals surface area contributed by atoms with E-state index in [1.54, 1.807) is 60.7 Å². The van der Waals surface area contributed by atoms with E-state index in [1.165, 1.54) is 13.2 Å². The molecule has 0 saturated carbocycles. The maximum Gasteiger partial charge on any atom is 0.294 e. The topological polar surface area (TPSA) is 109 Å². The number of thioether (sulfide) groups is 1. The number of nitrogens with one attached hydrogen (secondary N) is 1. The Bertz CT molecular complexity index is 1460. The number of amides is 3. The minimum absolute atomic E-state index is 0.0833. The van der Waals surface area contributed by atoms with E-state index in [9.17, 15) is 19.6 Å². The third-order valence-corrected chi connectivity index (χ3v) is 6.85. The van der Waals surface area contributed by atoms with E-state index < -0.39 is 23.6 Å². The van der Waals surface area contributed by atoms with Crippen LogP contribution in [0.2, 0.25) is 10.0 Å². The molecule has 11 heteroatoms. The fourth-order valence-electron chi connectivity index (χ4n) is 3.51. The summed E-state index contributed by atoms with van der Waals surface area (Å²) >= 11 is 13.5. The molecule has 3 aromatic rings. The summed E-state index contributed by atoms with van der Waals surface area (Å²) < 4.78 is 10.8. The molecule has 0 spiro atoms. The van der Waals surface area contributed by atoms with Gasteiger partial charge >= 0.3 is 0 Å². The van der Waals surface area contributed by atoms with Gasteiger partial charge in [-0.3, -0.25) is 19.3 Å². The number of hydrogen-bond donors (Lipinski definition) is 1. The molecule has 1 aliphatic rings. The molecule has 38 heavy (non-hydrogen) atoms. The normalized spacial score (nSPS) is 13.9. The molecule has 1 heterocycles. The second-order valence-corrected chi connectivity index (χ2v) is 9.72. The Morgan fingerprint density at radius 2 is 1.79 bits per heavy atom. The number of hydrogen-bond acceptors (Lipinski definition) is 7. The highest BCUT2D eigenvalue weighted by molar-refractivity contribution is 8.18. The van der Waals surface area contributed by atoms with Crippen molar-refractivity contribution in [2.45, 2.75) is 6.61 Å². The van der Waals surface area contributed by atoms with E-state index in [-0.39, 0.29) is 27.3 Å². The Morgan fingerprint density at radius 1 is 1.11 bits per heavy atom. The van der Waals surface area contributed by atoms with Gasteiger partial charge in [-0.05, 0) is 65.9 Å². The van der Waals surface area contributed by atoms with E-state index in [0.29, 0.717) is 39.9 Å². The number of carbonyl (C=O) groups is 3. The van der Waals surface area contributed by atoms with E-state index in [4.69, 9.17) is 32.7 Å². The van der Waals surface area contributed by atoms with Crippen LogP contribution in [0.5, 0.6) is 11.5 Å². The molecular formula is C27H19Cl2N3O5S. The van der Waals surface area contributed by atoms with Gasteiger partial charge in [-0.1, -0.05) is 41.4 Å². The summed E-state index contributed by atoms with van der Waals surface area (Å²) in [6.07, 6.45) is 1.47. The third kappa shape index (κ3) is 6.29. The van der Waals surface area contributed by atoms with Gasteiger partial charge in [-0.25, -0.2) is 0 Å². The number of ether oxygens (including phenoxy) is 2. The van der Waals surface area contributed by atoms with Crippen molar-refractivity contribution in [2.75, 3.05) is 19.0 Å². The molecule has 1 fully saturated rings. The van der Waals surface area contributed by atoms with E-state index in [0.717, 1.165) is 4.90 Å². The average Bonchev–Trinajstić information content (AvgIpc) is 3.16. The molecule has 8 nitrogen and oxygen atoms in total. The Hall–Kier alpha value is -3.97. The zero-order chi connectivity index (χ0) is 27.2. The average molecular weight is 568 g/mol. The maximum absolute atomic E-state index is 12.9. The van der Waals surface area contributed by atoms with Crippen molar-refractivity contribution in [3.8, 4) is 17.6 Å². The number of benzene rings is 3. The number of rotatable bonds is 8. The lowest BCUT2D eigenvalue weighted by molar-refractivity contribution is -0.127. The minimum Gasteiger partial charge on any atom is -0.497 e. The largest absolute Gasteiger partial charge is 0.497 e. The first-order valence-corrected chi connectivity index (χ1v) is 12.7. The van der Waals surface area contributed by atoms with Crippen LogP contribution >= 0.6 is 35.0 Å². The molecule has 192 valence electrons. The lowest BCUT2D eigenvalue weighted by Crippen LogP contribution is -2.36. The quantitative estimate of drug-likeness (QED) is 0.326. The number of nitrogens with zero attached hydrogens (tertiary/aromatic N) is 2. The van der Waals surface area contributed by atoms with Gasteiger partial charge in [0, 0.05) is 11.3 Å². The third-order valence-electron chi connectivity index (χ3n) is 5.38. The molecule has 4 rings (SSSR count). The fraction of sp³-hybridized carbons (Fsp3) is 0.111. The van der Waals surface area contributed by atoms with Gasteiger partial charge in [-0.2, -0.15) is 5.26 Å². The van der Waals surface area contributed by atoms with Crippen LogP contribution in [-0.4, -0.2) is 35.6 Å². The molecular weight excluding hydrogens is 549 g/mol. The van der Waals surface area contributed by atoms with Gasteiger partial charge in [0.05, 0.1) is 33.7 Å². The summed E-state index contributed by atoms with van der Waals surface area (Å²) in [6.45, 7) is -0.355. The zero-order valence-corrected chi connectivity index (χ0v) is 22.2. The molecule has 1 saturated heterocycles. The van der Waals surface area contributed by atoms with E-state index in [2.05, 4.69) is 11.4 Å². The monoisotopic (exact) mass is 567 g/mol. The van der Waals surface area contributed by atoms with Crippen LogP contribution in [0.1, 0.15) is 16.7 Å². The Labute approximate surface area is 232 Å². The predicted octanol–water partition coefficient (Wildman–Crippen LogP) is 6.13. The van der Waals surface area contributed by atoms with Crippen LogP contribution in [0, 0.1) is 11.3 Å².